The lowest BCUT2D eigenvalue weighted by Gasteiger charge is -2.08. The Balaban J connectivity index is 1.53. The molecule has 1 aromatic heterocycles. The molecule has 0 aliphatic carbocycles. The minimum Gasteiger partial charge on any atom is -0.457 e. The van der Waals surface area contributed by atoms with E-state index in [4.69, 9.17) is 4.74 Å². The summed E-state index contributed by atoms with van der Waals surface area (Å²) < 4.78 is 5.82. The first-order valence-electron chi connectivity index (χ1n) is 8.48. The smallest absolute Gasteiger partial charge is 0.167 e. The Labute approximate surface area is 151 Å². The molecule has 3 heteroatoms. The summed E-state index contributed by atoms with van der Waals surface area (Å²) in [7, 11) is 0. The number of ether oxygens (including phenoxy) is 1. The first kappa shape index (κ1) is 16.0. The Kier molecular flexibility index (Phi) is 4.44. The monoisotopic (exact) mass is 339 g/mol. The van der Waals surface area contributed by atoms with Crippen LogP contribution in [0.4, 0.5) is 0 Å². The van der Waals surface area contributed by atoms with Gasteiger partial charge in [-0.05, 0) is 48.0 Å². The van der Waals surface area contributed by atoms with Gasteiger partial charge in [-0.1, -0.05) is 42.5 Å². The average molecular weight is 339 g/mol. The van der Waals surface area contributed by atoms with Crippen LogP contribution in [0.2, 0.25) is 0 Å². The molecule has 0 radical (unpaired) electrons. The van der Waals surface area contributed by atoms with Crippen LogP contribution in [0.1, 0.15) is 15.9 Å². The summed E-state index contributed by atoms with van der Waals surface area (Å²) in [6.07, 6.45) is 2.12. The van der Waals surface area contributed by atoms with Gasteiger partial charge in [-0.2, -0.15) is 0 Å². The minimum atomic E-state index is 0.0618. The molecule has 0 bridgehead atoms. The highest BCUT2D eigenvalue weighted by Gasteiger charge is 2.09. The quantitative estimate of drug-likeness (QED) is 0.454. The number of Topliss-reactive ketones (excluding diaryl/α,β-unsaturated/α-hetero) is 1. The number of ketones is 1. The summed E-state index contributed by atoms with van der Waals surface area (Å²) in [6.45, 7) is 0. The highest BCUT2D eigenvalue weighted by atomic mass is 16.5. The molecule has 0 aliphatic rings. The van der Waals surface area contributed by atoms with Gasteiger partial charge in [0, 0.05) is 23.6 Å². The van der Waals surface area contributed by atoms with Gasteiger partial charge >= 0.3 is 0 Å². The van der Waals surface area contributed by atoms with Gasteiger partial charge in [0.2, 0.25) is 0 Å². The van der Waals surface area contributed by atoms with Crippen molar-refractivity contribution in [2.24, 2.45) is 0 Å². The molecule has 1 heterocycles. The number of fused-ring (bicyclic) bond motifs is 1. The number of nitrogens with zero attached hydrogens (tertiary/aromatic N) is 1. The van der Waals surface area contributed by atoms with Crippen LogP contribution in [0.25, 0.3) is 10.9 Å². The van der Waals surface area contributed by atoms with E-state index in [-0.39, 0.29) is 5.78 Å². The molecule has 0 unspecified atom stereocenters. The van der Waals surface area contributed by atoms with Crippen LogP contribution in [0.5, 0.6) is 11.5 Å². The zero-order chi connectivity index (χ0) is 17.8. The van der Waals surface area contributed by atoms with E-state index < -0.39 is 0 Å². The van der Waals surface area contributed by atoms with Crippen molar-refractivity contribution in [2.45, 2.75) is 6.42 Å². The molecule has 26 heavy (non-hydrogen) atoms. The molecule has 0 fully saturated rings. The second kappa shape index (κ2) is 7.19. The lowest BCUT2D eigenvalue weighted by Crippen LogP contribution is -2.03. The van der Waals surface area contributed by atoms with Gasteiger partial charge in [0.05, 0.1) is 5.52 Å². The van der Waals surface area contributed by atoms with E-state index in [1.54, 1.807) is 12.3 Å². The first-order valence-corrected chi connectivity index (χ1v) is 8.48. The Morgan fingerprint density at radius 3 is 2.54 bits per heavy atom. The van der Waals surface area contributed by atoms with Gasteiger partial charge in [0.25, 0.3) is 0 Å². The summed E-state index contributed by atoms with van der Waals surface area (Å²) >= 11 is 0. The number of rotatable bonds is 5. The van der Waals surface area contributed by atoms with Gasteiger partial charge < -0.3 is 4.74 Å². The van der Waals surface area contributed by atoms with E-state index in [1.807, 2.05) is 78.9 Å². The summed E-state index contributed by atoms with van der Waals surface area (Å²) in [4.78, 5) is 17.0. The molecule has 0 aliphatic heterocycles. The second-order valence-corrected chi connectivity index (χ2v) is 6.07. The average Bonchev–Trinajstić information content (AvgIpc) is 2.69. The van der Waals surface area contributed by atoms with Gasteiger partial charge in [-0.15, -0.1) is 0 Å². The highest BCUT2D eigenvalue weighted by molar-refractivity contribution is 5.98. The number of aromatic nitrogens is 1. The van der Waals surface area contributed by atoms with Crippen LogP contribution >= 0.6 is 0 Å². The van der Waals surface area contributed by atoms with E-state index in [1.165, 1.54) is 0 Å². The first-order chi connectivity index (χ1) is 12.8. The predicted molar refractivity (Wildman–Crippen MR) is 103 cm³/mol. The van der Waals surface area contributed by atoms with E-state index in [0.29, 0.717) is 17.7 Å². The Bertz CT molecular complexity index is 1060. The third-order valence-electron chi connectivity index (χ3n) is 4.17. The van der Waals surface area contributed by atoms with Crippen molar-refractivity contribution in [2.75, 3.05) is 0 Å². The standard InChI is InChI=1S/C23H17NO2/c25-23(15-17-11-12-22-18(14-17)7-5-13-24-22)19-6-4-10-21(16-19)26-20-8-2-1-3-9-20/h1-14,16H,15H2. The van der Waals surface area contributed by atoms with E-state index in [9.17, 15) is 4.79 Å². The minimum absolute atomic E-state index is 0.0618. The van der Waals surface area contributed by atoms with Gasteiger partial charge in [-0.25, -0.2) is 0 Å². The van der Waals surface area contributed by atoms with Crippen molar-refractivity contribution in [3.63, 3.8) is 0 Å². The maximum absolute atomic E-state index is 12.7. The molecule has 0 N–H and O–H groups in total. The number of hydrogen-bond acceptors (Lipinski definition) is 3. The largest absolute Gasteiger partial charge is 0.457 e. The van der Waals surface area contributed by atoms with Crippen LogP contribution in [0.3, 0.4) is 0 Å². The van der Waals surface area contributed by atoms with Gasteiger partial charge in [-0.3, -0.25) is 9.78 Å². The Morgan fingerprint density at radius 1 is 0.808 bits per heavy atom. The molecule has 0 amide bonds. The van der Waals surface area contributed by atoms with Crippen LogP contribution in [-0.4, -0.2) is 10.8 Å². The molecule has 0 saturated carbocycles. The third kappa shape index (κ3) is 3.62. The number of carbonyl (C=O) groups excluding carboxylic acids is 1. The molecule has 126 valence electrons. The van der Waals surface area contributed by atoms with E-state index in [0.717, 1.165) is 22.2 Å². The normalized spacial score (nSPS) is 10.6. The number of benzene rings is 3. The van der Waals surface area contributed by atoms with Gasteiger partial charge in [0.15, 0.2) is 5.78 Å². The van der Waals surface area contributed by atoms with Gasteiger partial charge in [0.1, 0.15) is 11.5 Å². The van der Waals surface area contributed by atoms with Crippen molar-refractivity contribution in [3.05, 3.63) is 102 Å². The van der Waals surface area contributed by atoms with Crippen molar-refractivity contribution < 1.29 is 9.53 Å². The lowest BCUT2D eigenvalue weighted by molar-refractivity contribution is 0.0992. The number of para-hydroxylation sites is 1. The topological polar surface area (TPSA) is 39.2 Å². The second-order valence-electron chi connectivity index (χ2n) is 6.07. The Morgan fingerprint density at radius 2 is 1.65 bits per heavy atom. The van der Waals surface area contributed by atoms with Crippen molar-refractivity contribution >= 4 is 16.7 Å². The zero-order valence-electron chi connectivity index (χ0n) is 14.1. The molecule has 0 saturated heterocycles. The lowest BCUT2D eigenvalue weighted by atomic mass is 10.0. The number of pyridine rings is 1. The molecular weight excluding hydrogens is 322 g/mol. The van der Waals surface area contributed by atoms with Crippen LogP contribution in [0, 0.1) is 0 Å². The Hall–Kier alpha value is -3.46. The maximum Gasteiger partial charge on any atom is 0.167 e. The molecule has 3 nitrogen and oxygen atoms in total. The van der Waals surface area contributed by atoms with Crippen LogP contribution in [0.15, 0.2) is 91.1 Å². The third-order valence-corrected chi connectivity index (χ3v) is 4.17. The SMILES string of the molecule is O=C(Cc1ccc2ncccc2c1)c1cccc(Oc2ccccc2)c1. The summed E-state index contributed by atoms with van der Waals surface area (Å²) in [5.74, 6) is 1.47. The predicted octanol–water partition coefficient (Wildman–Crippen LogP) is 5.45. The highest BCUT2D eigenvalue weighted by Crippen LogP contribution is 2.23. The van der Waals surface area contributed by atoms with Crippen LogP contribution in [-0.2, 0) is 6.42 Å². The number of carbonyl (C=O) groups is 1. The summed E-state index contributed by atoms with van der Waals surface area (Å²) in [5, 5.41) is 1.04. The number of hydrogen-bond donors (Lipinski definition) is 0. The van der Waals surface area contributed by atoms with E-state index in [2.05, 4.69) is 4.98 Å². The molecule has 4 rings (SSSR count). The fourth-order valence-electron chi connectivity index (χ4n) is 2.88. The van der Waals surface area contributed by atoms with Crippen molar-refractivity contribution in [1.82, 2.24) is 4.98 Å². The maximum atomic E-state index is 12.7. The van der Waals surface area contributed by atoms with E-state index >= 15 is 0 Å². The summed E-state index contributed by atoms with van der Waals surface area (Å²) in [5.41, 5.74) is 2.55. The molecular formula is C23H17NO2. The fourth-order valence-corrected chi connectivity index (χ4v) is 2.88. The molecule has 3 aromatic carbocycles. The molecule has 4 aromatic rings. The molecule has 0 spiro atoms. The van der Waals surface area contributed by atoms with Crippen molar-refractivity contribution in [3.8, 4) is 11.5 Å². The summed E-state index contributed by atoms with van der Waals surface area (Å²) in [6, 6.07) is 26.7. The molecule has 0 atom stereocenters. The van der Waals surface area contributed by atoms with Crippen molar-refractivity contribution in [1.29, 1.82) is 0 Å². The fraction of sp³-hybridized carbons (Fsp3) is 0.0435. The zero-order valence-corrected chi connectivity index (χ0v) is 14.1. The van der Waals surface area contributed by atoms with Crippen LogP contribution < -0.4 is 4.74 Å².